The number of carbonyl (C=O) groups is 3. The van der Waals surface area contributed by atoms with Crippen molar-refractivity contribution in [2.75, 3.05) is 26.4 Å². The maximum Gasteiger partial charge on any atom is 0.407 e. The van der Waals surface area contributed by atoms with Gasteiger partial charge in [0.1, 0.15) is 6.61 Å². The fourth-order valence-corrected chi connectivity index (χ4v) is 4.98. The molecule has 2 aromatic rings. The van der Waals surface area contributed by atoms with E-state index in [4.69, 9.17) is 14.6 Å². The van der Waals surface area contributed by atoms with Gasteiger partial charge in [0.25, 0.3) is 0 Å². The molecule has 35 heavy (non-hydrogen) atoms. The highest BCUT2D eigenvalue weighted by Gasteiger charge is 2.41. The molecule has 0 aromatic heterocycles. The maximum atomic E-state index is 13.2. The molecule has 1 unspecified atom stereocenters. The van der Waals surface area contributed by atoms with Crippen molar-refractivity contribution in [1.29, 1.82) is 0 Å². The second-order valence-electron chi connectivity index (χ2n) is 9.25. The van der Waals surface area contributed by atoms with E-state index < -0.39 is 23.5 Å². The molecule has 2 amide bonds. The first-order valence-corrected chi connectivity index (χ1v) is 12.1. The van der Waals surface area contributed by atoms with Gasteiger partial charge in [-0.15, -0.1) is 0 Å². The summed E-state index contributed by atoms with van der Waals surface area (Å²) < 4.78 is 11.1. The molecule has 0 bridgehead atoms. The van der Waals surface area contributed by atoms with E-state index >= 15 is 0 Å². The highest BCUT2D eigenvalue weighted by molar-refractivity contribution is 5.84. The van der Waals surface area contributed by atoms with E-state index in [0.29, 0.717) is 32.5 Å². The third-order valence-corrected chi connectivity index (χ3v) is 7.10. The minimum atomic E-state index is -0.963. The number of fused-ring (bicyclic) bond motifs is 3. The first kappa shape index (κ1) is 24.7. The molecule has 1 atom stereocenters. The van der Waals surface area contributed by atoms with Crippen LogP contribution >= 0.6 is 0 Å². The fourth-order valence-electron chi connectivity index (χ4n) is 4.98. The number of carboxylic acids is 1. The summed E-state index contributed by atoms with van der Waals surface area (Å²) in [5.41, 5.74) is 3.70. The van der Waals surface area contributed by atoms with Crippen LogP contribution in [0.15, 0.2) is 48.5 Å². The van der Waals surface area contributed by atoms with Crippen LogP contribution in [0.1, 0.15) is 49.7 Å². The highest BCUT2D eigenvalue weighted by atomic mass is 16.5. The number of nitrogens with one attached hydrogen (secondary N) is 2. The van der Waals surface area contributed by atoms with Crippen molar-refractivity contribution in [2.24, 2.45) is 5.41 Å². The van der Waals surface area contributed by atoms with E-state index in [0.717, 1.165) is 22.3 Å². The third-order valence-electron chi connectivity index (χ3n) is 7.10. The Hall–Kier alpha value is -3.39. The van der Waals surface area contributed by atoms with Gasteiger partial charge in [0.2, 0.25) is 5.91 Å². The van der Waals surface area contributed by atoms with Crippen molar-refractivity contribution < 1.29 is 29.0 Å². The van der Waals surface area contributed by atoms with Crippen LogP contribution < -0.4 is 10.6 Å². The van der Waals surface area contributed by atoms with E-state index in [-0.39, 0.29) is 31.4 Å². The molecule has 8 nitrogen and oxygen atoms in total. The van der Waals surface area contributed by atoms with Crippen molar-refractivity contribution in [2.45, 2.75) is 44.6 Å². The number of ether oxygens (including phenoxy) is 2. The first-order chi connectivity index (χ1) is 16.9. The second-order valence-corrected chi connectivity index (χ2v) is 9.25. The van der Waals surface area contributed by atoms with E-state index in [1.807, 2.05) is 31.2 Å². The average molecular weight is 481 g/mol. The fraction of sp³-hybridized carbons (Fsp3) is 0.444. The van der Waals surface area contributed by atoms with Gasteiger partial charge < -0.3 is 25.2 Å². The zero-order chi connectivity index (χ0) is 24.8. The second kappa shape index (κ2) is 10.9. The third kappa shape index (κ3) is 5.48. The average Bonchev–Trinajstić information content (AvgIpc) is 3.19. The van der Waals surface area contributed by atoms with Crippen LogP contribution in [-0.2, 0) is 19.1 Å². The summed E-state index contributed by atoms with van der Waals surface area (Å²) >= 11 is 0. The van der Waals surface area contributed by atoms with Crippen molar-refractivity contribution in [3.05, 3.63) is 59.7 Å². The monoisotopic (exact) mass is 480 g/mol. The normalized spacial score (nSPS) is 17.1. The molecule has 4 rings (SSSR count). The van der Waals surface area contributed by atoms with Gasteiger partial charge in [0, 0.05) is 31.7 Å². The van der Waals surface area contributed by atoms with Gasteiger partial charge in [-0.3, -0.25) is 9.59 Å². The van der Waals surface area contributed by atoms with Crippen LogP contribution in [0.25, 0.3) is 11.1 Å². The molecule has 1 saturated heterocycles. The van der Waals surface area contributed by atoms with E-state index in [1.165, 1.54) is 0 Å². The summed E-state index contributed by atoms with van der Waals surface area (Å²) in [6.07, 6.45) is 0.653. The lowest BCUT2D eigenvalue weighted by Gasteiger charge is -2.36. The van der Waals surface area contributed by atoms with Crippen LogP contribution in [0.2, 0.25) is 0 Å². The maximum absolute atomic E-state index is 13.2. The Morgan fingerprint density at radius 3 is 2.23 bits per heavy atom. The Morgan fingerprint density at radius 2 is 1.66 bits per heavy atom. The van der Waals surface area contributed by atoms with Crippen molar-refractivity contribution >= 4 is 18.0 Å². The van der Waals surface area contributed by atoms with Crippen LogP contribution in [0.3, 0.4) is 0 Å². The predicted octanol–water partition coefficient (Wildman–Crippen LogP) is 3.69. The lowest BCUT2D eigenvalue weighted by molar-refractivity contribution is -0.139. The van der Waals surface area contributed by atoms with Gasteiger partial charge >= 0.3 is 12.1 Å². The quantitative estimate of drug-likeness (QED) is 0.504. The Kier molecular flexibility index (Phi) is 7.70. The number of alkyl carbamates (subject to hydrolysis) is 1. The summed E-state index contributed by atoms with van der Waals surface area (Å²) in [7, 11) is 0. The lowest BCUT2D eigenvalue weighted by Crippen LogP contribution is -2.53. The Balaban J connectivity index is 1.38. The molecule has 1 heterocycles. The molecule has 0 saturated carbocycles. The van der Waals surface area contributed by atoms with Gasteiger partial charge in [-0.25, -0.2) is 4.79 Å². The van der Waals surface area contributed by atoms with Crippen LogP contribution in [0.4, 0.5) is 4.79 Å². The number of rotatable bonds is 9. The van der Waals surface area contributed by atoms with Gasteiger partial charge in [-0.2, -0.15) is 0 Å². The van der Waals surface area contributed by atoms with Crippen molar-refractivity contribution in [1.82, 2.24) is 10.6 Å². The zero-order valence-electron chi connectivity index (χ0n) is 19.9. The predicted molar refractivity (Wildman–Crippen MR) is 130 cm³/mol. The number of hydrogen-bond donors (Lipinski definition) is 3. The van der Waals surface area contributed by atoms with Gasteiger partial charge in [0.15, 0.2) is 0 Å². The smallest absolute Gasteiger partial charge is 0.407 e. The van der Waals surface area contributed by atoms with Gasteiger partial charge in [-0.05, 0) is 41.5 Å². The number of amides is 2. The van der Waals surface area contributed by atoms with E-state index in [9.17, 15) is 14.4 Å². The lowest BCUT2D eigenvalue weighted by atomic mass is 9.78. The molecule has 186 valence electrons. The number of hydrogen-bond acceptors (Lipinski definition) is 5. The molecular weight excluding hydrogens is 448 g/mol. The minimum absolute atomic E-state index is 0.0465. The van der Waals surface area contributed by atoms with Crippen LogP contribution in [0.5, 0.6) is 0 Å². The summed E-state index contributed by atoms with van der Waals surface area (Å²) in [5, 5.41) is 14.8. The summed E-state index contributed by atoms with van der Waals surface area (Å²) in [6, 6.07) is 15.8. The standard InChI is InChI=1S/C27H32N2O6/c1-2-18(15-24(30)31)29-25(32)27(11-13-34-14-12-27)17-28-26(33)35-16-23-21-9-5-3-7-19(21)20-8-4-6-10-22(20)23/h3-10,18,23H,2,11-17H2,1H3,(H,28,33)(H,29,32)(H,30,31). The zero-order valence-corrected chi connectivity index (χ0v) is 19.9. The molecule has 8 heteroatoms. The van der Waals surface area contributed by atoms with Gasteiger partial charge in [0.05, 0.1) is 11.8 Å². The van der Waals surface area contributed by atoms with Crippen molar-refractivity contribution in [3.63, 3.8) is 0 Å². The minimum Gasteiger partial charge on any atom is -0.481 e. The molecule has 3 N–H and O–H groups in total. The molecule has 2 aromatic carbocycles. The summed E-state index contributed by atoms with van der Waals surface area (Å²) in [6.45, 7) is 2.92. The molecule has 1 aliphatic carbocycles. The molecule has 2 aliphatic rings. The SMILES string of the molecule is CCC(CC(=O)O)NC(=O)C1(CNC(=O)OCC2c3ccccc3-c3ccccc32)CCOCC1. The Bertz CT molecular complexity index is 1030. The summed E-state index contributed by atoms with van der Waals surface area (Å²) in [5.74, 6) is -1.27. The van der Waals surface area contributed by atoms with E-state index in [2.05, 4.69) is 34.9 Å². The summed E-state index contributed by atoms with van der Waals surface area (Å²) in [4.78, 5) is 37.0. The van der Waals surface area contributed by atoms with Gasteiger partial charge in [-0.1, -0.05) is 55.5 Å². The Labute approximate surface area is 205 Å². The van der Waals surface area contributed by atoms with Crippen LogP contribution in [0, 0.1) is 5.41 Å². The highest BCUT2D eigenvalue weighted by Crippen LogP contribution is 2.44. The molecule has 1 fully saturated rings. The van der Waals surface area contributed by atoms with E-state index in [1.54, 1.807) is 0 Å². The number of carbonyl (C=O) groups excluding carboxylic acids is 2. The largest absolute Gasteiger partial charge is 0.481 e. The Morgan fingerprint density at radius 1 is 1.06 bits per heavy atom. The molecule has 0 spiro atoms. The molecule has 0 radical (unpaired) electrons. The number of carboxylic acid groups (broad SMARTS) is 1. The number of aliphatic carboxylic acids is 1. The molecule has 1 aliphatic heterocycles. The number of benzene rings is 2. The molecular formula is C27H32N2O6. The topological polar surface area (TPSA) is 114 Å². The van der Waals surface area contributed by atoms with Crippen molar-refractivity contribution in [3.8, 4) is 11.1 Å². The first-order valence-electron chi connectivity index (χ1n) is 12.1. The van der Waals surface area contributed by atoms with Crippen LogP contribution in [-0.4, -0.2) is 55.5 Å².